The van der Waals surface area contributed by atoms with Crippen molar-refractivity contribution in [1.29, 1.82) is 0 Å². The van der Waals surface area contributed by atoms with E-state index in [4.69, 9.17) is 10.5 Å². The highest BCUT2D eigenvalue weighted by atomic mass is 32.2. The van der Waals surface area contributed by atoms with Gasteiger partial charge in [-0.25, -0.2) is 8.51 Å². The van der Waals surface area contributed by atoms with Crippen molar-refractivity contribution in [2.45, 2.75) is 22.5 Å². The SMILES string of the molecule is C=C(N)C1(S(=O)N2CCN(c3ccc(S(=C)(C)=O)cc3)CC2)CCOCC1. The van der Waals surface area contributed by atoms with Crippen LogP contribution in [0.2, 0.25) is 0 Å². The Morgan fingerprint density at radius 2 is 1.74 bits per heavy atom. The van der Waals surface area contributed by atoms with Gasteiger partial charge in [-0.2, -0.15) is 0 Å². The van der Waals surface area contributed by atoms with Gasteiger partial charge in [0, 0.05) is 61.9 Å². The number of hydrogen-bond donors (Lipinski definition) is 1. The molecule has 2 N–H and O–H groups in total. The average Bonchev–Trinajstić information content (AvgIpc) is 2.67. The molecule has 2 saturated heterocycles. The monoisotopic (exact) mass is 411 g/mol. The maximum absolute atomic E-state index is 13.3. The predicted octanol–water partition coefficient (Wildman–Crippen LogP) is 1.20. The van der Waals surface area contributed by atoms with E-state index in [0.29, 0.717) is 44.8 Å². The van der Waals surface area contributed by atoms with E-state index < -0.39 is 25.3 Å². The standard InChI is InChI=1S/C19H29N3O3S2/c1-16(20)19(8-14-25-15-9-19)26(23)22-12-10-21(11-13-22)17-4-6-18(7-5-17)27(2,3)24/h4-7H,1-2,8-15,20H2,3H3. The lowest BCUT2D eigenvalue weighted by Crippen LogP contribution is -2.55. The number of anilines is 1. The Balaban J connectivity index is 1.66. The Hall–Kier alpha value is -1.35. The number of ether oxygens (including phenoxy) is 1. The van der Waals surface area contributed by atoms with Gasteiger partial charge >= 0.3 is 0 Å². The molecule has 8 heteroatoms. The first kappa shape index (κ1) is 20.4. The van der Waals surface area contributed by atoms with E-state index >= 15 is 0 Å². The first-order valence-electron chi connectivity index (χ1n) is 9.11. The van der Waals surface area contributed by atoms with E-state index in [0.717, 1.165) is 23.7 Å². The maximum atomic E-state index is 13.3. The van der Waals surface area contributed by atoms with Crippen LogP contribution in [0.25, 0.3) is 0 Å². The van der Waals surface area contributed by atoms with Crippen molar-refractivity contribution < 1.29 is 13.2 Å². The first-order valence-corrected chi connectivity index (χ1v) is 12.3. The van der Waals surface area contributed by atoms with Crippen LogP contribution in [-0.4, -0.2) is 69.0 Å². The van der Waals surface area contributed by atoms with Gasteiger partial charge in [0.25, 0.3) is 0 Å². The van der Waals surface area contributed by atoms with Crippen LogP contribution in [0.1, 0.15) is 12.8 Å². The van der Waals surface area contributed by atoms with Gasteiger partial charge in [-0.1, -0.05) is 6.58 Å². The Bertz CT molecular complexity index is 807. The molecule has 150 valence electrons. The molecule has 2 aliphatic rings. The molecule has 0 aromatic heterocycles. The van der Waals surface area contributed by atoms with Gasteiger partial charge in [0.1, 0.15) is 15.7 Å². The lowest BCUT2D eigenvalue weighted by Gasteiger charge is -2.42. The Morgan fingerprint density at radius 1 is 1.19 bits per heavy atom. The van der Waals surface area contributed by atoms with Crippen molar-refractivity contribution in [3.63, 3.8) is 0 Å². The summed E-state index contributed by atoms with van der Waals surface area (Å²) in [6, 6.07) is 7.73. The molecule has 6 nitrogen and oxygen atoms in total. The Morgan fingerprint density at radius 3 is 2.22 bits per heavy atom. The lowest BCUT2D eigenvalue weighted by atomic mass is 9.96. The quantitative estimate of drug-likeness (QED) is 0.737. The van der Waals surface area contributed by atoms with Crippen molar-refractivity contribution in [3.05, 3.63) is 36.5 Å². The molecule has 2 atom stereocenters. The molecule has 0 saturated carbocycles. The van der Waals surface area contributed by atoms with Crippen LogP contribution in [-0.2, 0) is 25.2 Å². The van der Waals surface area contributed by atoms with Crippen LogP contribution in [0.15, 0.2) is 41.4 Å². The molecule has 0 radical (unpaired) electrons. The molecule has 0 aliphatic carbocycles. The summed E-state index contributed by atoms with van der Waals surface area (Å²) in [7, 11) is -3.41. The number of nitrogens with zero attached hydrogens (tertiary/aromatic N) is 2. The zero-order valence-corrected chi connectivity index (χ0v) is 17.5. The summed E-state index contributed by atoms with van der Waals surface area (Å²) in [4.78, 5) is 3.01. The first-order chi connectivity index (χ1) is 12.7. The zero-order valence-electron chi connectivity index (χ0n) is 15.9. The second-order valence-corrected chi connectivity index (χ2v) is 11.6. The molecule has 3 rings (SSSR count). The van der Waals surface area contributed by atoms with Crippen LogP contribution in [0, 0.1) is 0 Å². The van der Waals surface area contributed by atoms with Crippen molar-refractivity contribution in [2.24, 2.45) is 5.73 Å². The maximum Gasteiger partial charge on any atom is 0.107 e. The molecular weight excluding hydrogens is 382 g/mol. The molecule has 1 aromatic rings. The van der Waals surface area contributed by atoms with Gasteiger partial charge in [-0.05, 0) is 52.5 Å². The van der Waals surface area contributed by atoms with Crippen LogP contribution < -0.4 is 10.6 Å². The highest BCUT2D eigenvalue weighted by Crippen LogP contribution is 2.34. The number of hydrogen-bond acceptors (Lipinski definition) is 5. The van der Waals surface area contributed by atoms with E-state index in [-0.39, 0.29) is 0 Å². The molecule has 0 bridgehead atoms. The number of nitrogens with two attached hydrogens (primary N) is 1. The van der Waals surface area contributed by atoms with Crippen molar-refractivity contribution in [1.82, 2.24) is 4.31 Å². The normalized spacial score (nSPS) is 24.1. The lowest BCUT2D eigenvalue weighted by molar-refractivity contribution is 0.0822. The second kappa shape index (κ2) is 7.95. The fourth-order valence-corrected chi connectivity index (χ4v) is 6.05. The summed E-state index contributed by atoms with van der Waals surface area (Å²) in [5, 5.41) is 0. The fraction of sp³-hybridized carbons (Fsp3) is 0.526. The molecule has 1 aromatic carbocycles. The highest BCUT2D eigenvalue weighted by Gasteiger charge is 2.43. The number of piperazine rings is 1. The van der Waals surface area contributed by atoms with Crippen LogP contribution in [0.5, 0.6) is 0 Å². The fourth-order valence-electron chi connectivity index (χ4n) is 3.61. The minimum atomic E-state index is -2.20. The van der Waals surface area contributed by atoms with Crippen molar-refractivity contribution >= 4 is 32.1 Å². The van der Waals surface area contributed by atoms with E-state index in [1.54, 1.807) is 6.26 Å². The third-order valence-electron chi connectivity index (χ3n) is 5.39. The van der Waals surface area contributed by atoms with Gasteiger partial charge < -0.3 is 15.4 Å². The molecule has 2 fully saturated rings. The zero-order chi connectivity index (χ0) is 19.7. The van der Waals surface area contributed by atoms with E-state index in [9.17, 15) is 8.42 Å². The van der Waals surface area contributed by atoms with Gasteiger partial charge in [0.15, 0.2) is 0 Å². The summed E-state index contributed by atoms with van der Waals surface area (Å²) < 4.78 is 32.2. The summed E-state index contributed by atoms with van der Waals surface area (Å²) >= 11 is 0. The third kappa shape index (κ3) is 4.23. The van der Waals surface area contributed by atoms with Crippen LogP contribution >= 0.6 is 0 Å². The van der Waals surface area contributed by atoms with Crippen molar-refractivity contribution in [2.75, 3.05) is 50.5 Å². The summed E-state index contributed by atoms with van der Waals surface area (Å²) in [5.41, 5.74) is 7.65. The minimum Gasteiger partial charge on any atom is -0.401 e. The van der Waals surface area contributed by atoms with Gasteiger partial charge in [0.05, 0.1) is 0 Å². The second-order valence-electron chi connectivity index (χ2n) is 7.30. The van der Waals surface area contributed by atoms with Gasteiger partial charge in [-0.3, -0.25) is 4.21 Å². The predicted molar refractivity (Wildman–Crippen MR) is 114 cm³/mol. The van der Waals surface area contributed by atoms with Crippen LogP contribution in [0.3, 0.4) is 0 Å². The van der Waals surface area contributed by atoms with E-state index in [1.165, 1.54) is 0 Å². The van der Waals surface area contributed by atoms with Gasteiger partial charge in [0.2, 0.25) is 0 Å². The molecule has 2 heterocycles. The van der Waals surface area contributed by atoms with E-state index in [2.05, 4.69) is 17.3 Å². The van der Waals surface area contributed by atoms with Gasteiger partial charge in [-0.15, -0.1) is 0 Å². The Labute approximate surface area is 165 Å². The molecule has 0 spiro atoms. The summed E-state index contributed by atoms with van der Waals surface area (Å²) in [6.45, 7) is 8.02. The molecule has 2 unspecified atom stereocenters. The number of rotatable bonds is 5. The minimum absolute atomic E-state index is 0.499. The average molecular weight is 412 g/mol. The van der Waals surface area contributed by atoms with Crippen molar-refractivity contribution in [3.8, 4) is 0 Å². The summed E-state index contributed by atoms with van der Waals surface area (Å²) in [6.07, 6.45) is 2.95. The topological polar surface area (TPSA) is 75.9 Å². The smallest absolute Gasteiger partial charge is 0.107 e. The largest absolute Gasteiger partial charge is 0.401 e. The number of benzene rings is 1. The molecular formula is C19H29N3O3S2. The Kier molecular flexibility index (Phi) is 6.00. The molecule has 0 amide bonds. The third-order valence-corrected chi connectivity index (χ3v) is 8.84. The van der Waals surface area contributed by atoms with E-state index in [1.807, 2.05) is 28.6 Å². The highest BCUT2D eigenvalue weighted by molar-refractivity contribution is 7.99. The molecule has 2 aliphatic heterocycles. The van der Waals surface area contributed by atoms with Crippen LogP contribution in [0.4, 0.5) is 5.69 Å². The molecule has 27 heavy (non-hydrogen) atoms. The summed E-state index contributed by atoms with van der Waals surface area (Å²) in [5.74, 6) is 3.72.